The lowest BCUT2D eigenvalue weighted by atomic mass is 9.98. The van der Waals surface area contributed by atoms with Crippen LogP contribution in [0.25, 0.3) is 21.9 Å². The van der Waals surface area contributed by atoms with Crippen molar-refractivity contribution in [2.24, 2.45) is 0 Å². The first kappa shape index (κ1) is 21.6. The van der Waals surface area contributed by atoms with Crippen LogP contribution in [0.2, 0.25) is 0 Å². The third kappa shape index (κ3) is 4.36. The van der Waals surface area contributed by atoms with E-state index in [9.17, 15) is 17.6 Å². The summed E-state index contributed by atoms with van der Waals surface area (Å²) in [5.41, 5.74) is 1.47. The van der Waals surface area contributed by atoms with Gasteiger partial charge in [-0.3, -0.25) is 0 Å². The normalized spacial score (nSPS) is 11.3. The third-order valence-electron chi connectivity index (χ3n) is 5.25. The Hall–Kier alpha value is -3.65. The van der Waals surface area contributed by atoms with E-state index in [0.29, 0.717) is 23.1 Å². The zero-order valence-electron chi connectivity index (χ0n) is 17.0. The lowest BCUT2D eigenvalue weighted by molar-refractivity contribution is -0.139. The van der Waals surface area contributed by atoms with Gasteiger partial charge in [-0.1, -0.05) is 55.2 Å². The summed E-state index contributed by atoms with van der Waals surface area (Å²) in [5, 5.41) is 0.868. The molecular formula is C27H17F5. The lowest BCUT2D eigenvalue weighted by Crippen LogP contribution is -2.07. The van der Waals surface area contributed by atoms with Crippen LogP contribution in [0, 0.1) is 23.5 Å². The first-order chi connectivity index (χ1) is 15.3. The Morgan fingerprint density at radius 1 is 0.750 bits per heavy atom. The van der Waals surface area contributed by atoms with Crippen molar-refractivity contribution in [1.82, 2.24) is 0 Å². The van der Waals surface area contributed by atoms with Crippen molar-refractivity contribution >= 4 is 10.8 Å². The number of fused-ring (bicyclic) bond motifs is 1. The van der Waals surface area contributed by atoms with E-state index in [1.165, 1.54) is 11.6 Å². The average molecular weight is 436 g/mol. The molecule has 160 valence electrons. The highest BCUT2D eigenvalue weighted by Gasteiger charge is 2.34. The summed E-state index contributed by atoms with van der Waals surface area (Å²) in [4.78, 5) is 0. The molecule has 0 heterocycles. The van der Waals surface area contributed by atoms with Crippen molar-refractivity contribution in [1.29, 1.82) is 0 Å². The van der Waals surface area contributed by atoms with Gasteiger partial charge < -0.3 is 0 Å². The Morgan fingerprint density at radius 2 is 1.44 bits per heavy atom. The van der Waals surface area contributed by atoms with Gasteiger partial charge in [0, 0.05) is 22.1 Å². The van der Waals surface area contributed by atoms with Gasteiger partial charge in [0.25, 0.3) is 0 Å². The van der Waals surface area contributed by atoms with E-state index in [-0.39, 0.29) is 16.5 Å². The molecular weight excluding hydrogens is 419 g/mol. The van der Waals surface area contributed by atoms with Crippen molar-refractivity contribution in [3.8, 4) is 23.0 Å². The van der Waals surface area contributed by atoms with Crippen molar-refractivity contribution in [3.63, 3.8) is 0 Å². The van der Waals surface area contributed by atoms with Crippen LogP contribution in [-0.4, -0.2) is 0 Å². The van der Waals surface area contributed by atoms with Gasteiger partial charge in [-0.25, -0.2) is 8.78 Å². The van der Waals surface area contributed by atoms with Crippen LogP contribution >= 0.6 is 0 Å². The van der Waals surface area contributed by atoms with Gasteiger partial charge >= 0.3 is 6.18 Å². The Kier molecular flexibility index (Phi) is 5.71. The Morgan fingerprint density at radius 3 is 2.09 bits per heavy atom. The van der Waals surface area contributed by atoms with Crippen LogP contribution in [0.4, 0.5) is 22.0 Å². The van der Waals surface area contributed by atoms with Crippen molar-refractivity contribution in [2.75, 3.05) is 0 Å². The van der Waals surface area contributed by atoms with Crippen LogP contribution in [0.3, 0.4) is 0 Å². The molecule has 0 unspecified atom stereocenters. The standard InChI is InChI=1S/C27H17F5/c1-2-17-3-5-18(6-4-17)7-8-19-9-12-22-20(15-19)10-13-23(26(22)29)21-11-14-24(25(28)16-21)27(30,31)32/h3-6,9-16H,2H2,1H3. The van der Waals surface area contributed by atoms with E-state index in [1.807, 2.05) is 24.3 Å². The van der Waals surface area contributed by atoms with Crippen LogP contribution in [0.5, 0.6) is 0 Å². The first-order valence-electron chi connectivity index (χ1n) is 9.96. The predicted molar refractivity (Wildman–Crippen MR) is 116 cm³/mol. The Bertz CT molecular complexity index is 1350. The smallest absolute Gasteiger partial charge is 0.206 e. The number of halogens is 5. The van der Waals surface area contributed by atoms with Crippen LogP contribution in [-0.2, 0) is 12.6 Å². The number of hydrogen-bond acceptors (Lipinski definition) is 0. The average Bonchev–Trinajstić information content (AvgIpc) is 2.77. The van der Waals surface area contributed by atoms with Gasteiger partial charge in [0.15, 0.2) is 0 Å². The molecule has 4 rings (SSSR count). The van der Waals surface area contributed by atoms with E-state index in [0.717, 1.165) is 18.1 Å². The number of benzene rings is 4. The fourth-order valence-electron chi connectivity index (χ4n) is 3.47. The third-order valence-corrected chi connectivity index (χ3v) is 5.25. The van der Waals surface area contributed by atoms with Gasteiger partial charge in [-0.05, 0) is 59.3 Å². The highest BCUT2D eigenvalue weighted by Crippen LogP contribution is 2.35. The van der Waals surface area contributed by atoms with E-state index >= 15 is 4.39 Å². The lowest BCUT2D eigenvalue weighted by Gasteiger charge is -2.11. The highest BCUT2D eigenvalue weighted by atomic mass is 19.4. The number of hydrogen-bond donors (Lipinski definition) is 0. The second-order valence-corrected chi connectivity index (χ2v) is 7.36. The molecule has 32 heavy (non-hydrogen) atoms. The molecule has 0 atom stereocenters. The van der Waals surface area contributed by atoms with E-state index in [4.69, 9.17) is 0 Å². The van der Waals surface area contributed by atoms with Crippen molar-refractivity contribution < 1.29 is 22.0 Å². The minimum Gasteiger partial charge on any atom is -0.206 e. The predicted octanol–water partition coefficient (Wildman–Crippen LogP) is 7.77. The molecule has 0 aromatic heterocycles. The minimum atomic E-state index is -4.81. The second-order valence-electron chi connectivity index (χ2n) is 7.36. The topological polar surface area (TPSA) is 0 Å². The molecule has 0 spiro atoms. The molecule has 0 nitrogen and oxygen atoms in total. The van der Waals surface area contributed by atoms with Crippen molar-refractivity contribution in [3.05, 3.63) is 107 Å². The Labute approximate surface area is 182 Å². The summed E-state index contributed by atoms with van der Waals surface area (Å²) >= 11 is 0. The van der Waals surface area contributed by atoms with Crippen LogP contribution in [0.1, 0.15) is 29.2 Å². The molecule has 0 fully saturated rings. The molecule has 4 aromatic rings. The molecule has 0 radical (unpaired) electrons. The number of aryl methyl sites for hydroxylation is 1. The number of rotatable bonds is 2. The summed E-state index contributed by atoms with van der Waals surface area (Å²) in [6.07, 6.45) is -3.86. The van der Waals surface area contributed by atoms with Crippen LogP contribution < -0.4 is 0 Å². The molecule has 0 aliphatic rings. The fraction of sp³-hybridized carbons (Fsp3) is 0.111. The largest absolute Gasteiger partial charge is 0.419 e. The van der Waals surface area contributed by atoms with Gasteiger partial charge in [0.1, 0.15) is 11.6 Å². The summed E-state index contributed by atoms with van der Waals surface area (Å²) < 4.78 is 67.4. The molecule has 0 aliphatic heterocycles. The monoisotopic (exact) mass is 436 g/mol. The van der Waals surface area contributed by atoms with E-state index in [1.54, 1.807) is 24.3 Å². The first-order valence-corrected chi connectivity index (χ1v) is 9.96. The molecule has 5 heteroatoms. The quantitative estimate of drug-likeness (QED) is 0.222. The highest BCUT2D eigenvalue weighted by molar-refractivity contribution is 5.89. The second kappa shape index (κ2) is 8.47. The van der Waals surface area contributed by atoms with Gasteiger partial charge in [-0.15, -0.1) is 0 Å². The van der Waals surface area contributed by atoms with Gasteiger partial charge in [-0.2, -0.15) is 13.2 Å². The molecule has 0 amide bonds. The minimum absolute atomic E-state index is 0.0278. The fourth-order valence-corrected chi connectivity index (χ4v) is 3.47. The SMILES string of the molecule is CCc1ccc(C#Cc2ccc3c(F)c(-c4ccc(C(F)(F)F)c(F)c4)ccc3c2)cc1. The maximum Gasteiger partial charge on any atom is 0.419 e. The maximum absolute atomic E-state index is 15.1. The Balaban J connectivity index is 1.67. The van der Waals surface area contributed by atoms with Gasteiger partial charge in [0.2, 0.25) is 0 Å². The molecule has 0 N–H and O–H groups in total. The summed E-state index contributed by atoms with van der Waals surface area (Å²) in [7, 11) is 0. The zero-order valence-corrected chi connectivity index (χ0v) is 17.0. The zero-order chi connectivity index (χ0) is 22.9. The van der Waals surface area contributed by atoms with E-state index in [2.05, 4.69) is 18.8 Å². The summed E-state index contributed by atoms with van der Waals surface area (Å²) in [6, 6.07) is 18.4. The molecule has 0 bridgehead atoms. The molecule has 0 aliphatic carbocycles. The molecule has 4 aromatic carbocycles. The number of alkyl halides is 3. The molecule has 0 saturated heterocycles. The van der Waals surface area contributed by atoms with Crippen LogP contribution in [0.15, 0.2) is 72.8 Å². The van der Waals surface area contributed by atoms with E-state index < -0.39 is 23.4 Å². The summed E-state index contributed by atoms with van der Waals surface area (Å²) in [6.45, 7) is 2.08. The molecule has 0 saturated carbocycles. The van der Waals surface area contributed by atoms with Gasteiger partial charge in [0.05, 0.1) is 5.56 Å². The summed E-state index contributed by atoms with van der Waals surface area (Å²) in [5.74, 6) is 4.06. The van der Waals surface area contributed by atoms with Crippen molar-refractivity contribution in [2.45, 2.75) is 19.5 Å². The maximum atomic E-state index is 15.1.